The fourth-order valence-corrected chi connectivity index (χ4v) is 4.58. The molecule has 0 aromatic rings. The van der Waals surface area contributed by atoms with Crippen molar-refractivity contribution in [3.05, 3.63) is 0 Å². The van der Waals surface area contributed by atoms with E-state index in [0.717, 1.165) is 12.8 Å². The van der Waals surface area contributed by atoms with Crippen molar-refractivity contribution in [1.82, 2.24) is 10.2 Å². The van der Waals surface area contributed by atoms with Crippen molar-refractivity contribution in [1.29, 1.82) is 0 Å². The number of nitrogens with one attached hydrogen (secondary N) is 1. The van der Waals surface area contributed by atoms with E-state index in [1.165, 1.54) is 4.90 Å². The van der Waals surface area contributed by atoms with Crippen LogP contribution in [0, 0.1) is 0 Å². The fourth-order valence-electron chi connectivity index (χ4n) is 2.49. The summed E-state index contributed by atoms with van der Waals surface area (Å²) in [5, 5.41) is 11.5. The van der Waals surface area contributed by atoms with Crippen molar-refractivity contribution in [2.75, 3.05) is 18.1 Å². The lowest BCUT2D eigenvalue weighted by atomic mass is 10.0. The van der Waals surface area contributed by atoms with Gasteiger partial charge in [-0.3, -0.25) is 4.79 Å². The normalized spacial score (nSPS) is 28.1. The van der Waals surface area contributed by atoms with Crippen LogP contribution in [-0.4, -0.2) is 60.1 Å². The largest absolute Gasteiger partial charge is 0.481 e. The number of nitrogens with zero attached hydrogens (tertiary/aromatic N) is 1. The van der Waals surface area contributed by atoms with Gasteiger partial charge in [0.25, 0.3) is 0 Å². The highest BCUT2D eigenvalue weighted by Crippen LogP contribution is 2.28. The van der Waals surface area contributed by atoms with E-state index in [-0.39, 0.29) is 36.5 Å². The zero-order valence-corrected chi connectivity index (χ0v) is 12.3. The monoisotopic (exact) mass is 304 g/mol. The van der Waals surface area contributed by atoms with Crippen molar-refractivity contribution in [2.45, 2.75) is 44.2 Å². The Morgan fingerprint density at radius 1 is 1.40 bits per heavy atom. The quantitative estimate of drug-likeness (QED) is 0.756. The average Bonchev–Trinajstić information content (AvgIpc) is 3.06. The van der Waals surface area contributed by atoms with Gasteiger partial charge in [-0.05, 0) is 26.2 Å². The molecule has 1 aliphatic carbocycles. The van der Waals surface area contributed by atoms with Crippen molar-refractivity contribution in [2.24, 2.45) is 0 Å². The Hall–Kier alpha value is -1.31. The third kappa shape index (κ3) is 3.84. The molecule has 1 atom stereocenters. The first-order valence-corrected chi connectivity index (χ1v) is 8.54. The van der Waals surface area contributed by atoms with Gasteiger partial charge in [0.15, 0.2) is 9.84 Å². The number of hydrogen-bond donors (Lipinski definition) is 2. The van der Waals surface area contributed by atoms with Gasteiger partial charge in [0.2, 0.25) is 0 Å². The van der Waals surface area contributed by atoms with Crippen LogP contribution in [0.3, 0.4) is 0 Å². The molecule has 114 valence electrons. The lowest BCUT2D eigenvalue weighted by Gasteiger charge is -2.29. The van der Waals surface area contributed by atoms with Crippen molar-refractivity contribution in [3.63, 3.8) is 0 Å². The molecular weight excluding hydrogens is 284 g/mol. The molecule has 1 saturated carbocycles. The lowest BCUT2D eigenvalue weighted by Crippen LogP contribution is -2.53. The molecule has 2 rings (SSSR count). The van der Waals surface area contributed by atoms with Crippen LogP contribution < -0.4 is 5.32 Å². The molecule has 1 heterocycles. The van der Waals surface area contributed by atoms with E-state index in [0.29, 0.717) is 6.42 Å². The maximum absolute atomic E-state index is 12.2. The molecule has 8 heteroatoms. The summed E-state index contributed by atoms with van der Waals surface area (Å²) in [5.74, 6) is -0.913. The number of amides is 2. The van der Waals surface area contributed by atoms with Gasteiger partial charge in [-0.15, -0.1) is 0 Å². The van der Waals surface area contributed by atoms with E-state index >= 15 is 0 Å². The van der Waals surface area contributed by atoms with E-state index in [4.69, 9.17) is 5.11 Å². The molecule has 1 aliphatic heterocycles. The van der Waals surface area contributed by atoms with Crippen molar-refractivity contribution in [3.8, 4) is 0 Å². The molecule has 7 nitrogen and oxygen atoms in total. The highest BCUT2D eigenvalue weighted by Gasteiger charge is 2.42. The minimum absolute atomic E-state index is 0.0524. The summed E-state index contributed by atoms with van der Waals surface area (Å²) in [6.07, 6.45) is 2.06. The number of carboxylic acid groups (broad SMARTS) is 1. The summed E-state index contributed by atoms with van der Waals surface area (Å²) < 4.78 is 23.0. The Kier molecular flexibility index (Phi) is 3.95. The highest BCUT2D eigenvalue weighted by atomic mass is 32.2. The first-order chi connectivity index (χ1) is 9.21. The van der Waals surface area contributed by atoms with Crippen LogP contribution in [0.1, 0.15) is 32.6 Å². The van der Waals surface area contributed by atoms with Gasteiger partial charge in [0.05, 0.1) is 23.5 Å². The average molecular weight is 304 g/mol. The Morgan fingerprint density at radius 2 is 2.05 bits per heavy atom. The fraction of sp³-hybridized carbons (Fsp3) is 0.833. The van der Waals surface area contributed by atoms with Crippen LogP contribution in [0.2, 0.25) is 0 Å². The third-order valence-corrected chi connectivity index (χ3v) is 5.63. The molecule has 1 unspecified atom stereocenters. The summed E-state index contributed by atoms with van der Waals surface area (Å²) in [4.78, 5) is 24.4. The number of aliphatic carboxylic acids is 1. The van der Waals surface area contributed by atoms with E-state index in [1.807, 2.05) is 0 Å². The van der Waals surface area contributed by atoms with Crippen molar-refractivity contribution >= 4 is 21.8 Å². The zero-order valence-electron chi connectivity index (χ0n) is 11.5. The first-order valence-electron chi connectivity index (χ1n) is 6.72. The lowest BCUT2D eigenvalue weighted by molar-refractivity contribution is -0.137. The van der Waals surface area contributed by atoms with Crippen molar-refractivity contribution < 1.29 is 23.1 Å². The summed E-state index contributed by atoms with van der Waals surface area (Å²) in [6, 6.07) is -0.260. The van der Waals surface area contributed by atoms with Gasteiger partial charge in [-0.1, -0.05) is 0 Å². The van der Waals surface area contributed by atoms with Gasteiger partial charge in [-0.2, -0.15) is 0 Å². The van der Waals surface area contributed by atoms with Crippen LogP contribution in [0.4, 0.5) is 4.79 Å². The predicted molar refractivity (Wildman–Crippen MR) is 72.2 cm³/mol. The molecule has 0 spiro atoms. The molecule has 0 radical (unpaired) electrons. The molecule has 0 aromatic heterocycles. The zero-order chi connectivity index (χ0) is 15.0. The number of carboxylic acids is 1. The standard InChI is InChI=1S/C12H20N2O5S/c1-12(5-7-20(18,19)8-12)13-11(17)14(9-2-3-9)6-4-10(15)16/h9H,2-8H2,1H3,(H,13,17)(H,15,16). The van der Waals surface area contributed by atoms with Crippen LogP contribution in [0.25, 0.3) is 0 Å². The molecule has 2 N–H and O–H groups in total. The van der Waals surface area contributed by atoms with E-state index < -0.39 is 21.3 Å². The third-order valence-electron chi connectivity index (χ3n) is 3.73. The highest BCUT2D eigenvalue weighted by molar-refractivity contribution is 7.91. The summed E-state index contributed by atoms with van der Waals surface area (Å²) in [5.41, 5.74) is -0.744. The van der Waals surface area contributed by atoms with E-state index in [2.05, 4.69) is 5.32 Å². The Bertz CT molecular complexity index is 514. The summed E-state index contributed by atoms with van der Waals surface area (Å²) >= 11 is 0. The smallest absolute Gasteiger partial charge is 0.318 e. The minimum Gasteiger partial charge on any atom is -0.481 e. The number of hydrogen-bond acceptors (Lipinski definition) is 4. The second-order valence-electron chi connectivity index (χ2n) is 5.90. The first kappa shape index (κ1) is 15.1. The molecule has 2 amide bonds. The molecular formula is C12H20N2O5S. The van der Waals surface area contributed by atoms with Gasteiger partial charge < -0.3 is 15.3 Å². The Labute approximate surface area is 118 Å². The molecule has 2 fully saturated rings. The summed E-state index contributed by atoms with van der Waals surface area (Å²) in [6.45, 7) is 1.88. The SMILES string of the molecule is CC1(NC(=O)N(CCC(=O)O)C2CC2)CCS(=O)(=O)C1. The van der Waals surface area contributed by atoms with Gasteiger partial charge in [0.1, 0.15) is 0 Å². The predicted octanol–water partition coefficient (Wildman–Crippen LogP) is 0.212. The Balaban J connectivity index is 1.96. The van der Waals surface area contributed by atoms with Crippen LogP contribution in [-0.2, 0) is 14.6 Å². The van der Waals surface area contributed by atoms with Gasteiger partial charge in [0, 0.05) is 12.6 Å². The van der Waals surface area contributed by atoms with Gasteiger partial charge in [-0.25, -0.2) is 13.2 Å². The maximum atomic E-state index is 12.2. The number of sulfone groups is 1. The number of carbonyl (C=O) groups is 2. The molecule has 20 heavy (non-hydrogen) atoms. The molecule has 0 aromatic carbocycles. The van der Waals surface area contributed by atoms with Crippen LogP contribution in [0.5, 0.6) is 0 Å². The van der Waals surface area contributed by atoms with E-state index in [9.17, 15) is 18.0 Å². The maximum Gasteiger partial charge on any atom is 0.318 e. The second kappa shape index (κ2) is 5.23. The Morgan fingerprint density at radius 3 is 2.50 bits per heavy atom. The molecule has 2 aliphatic rings. The van der Waals surface area contributed by atoms with E-state index in [1.54, 1.807) is 6.92 Å². The number of urea groups is 1. The topological polar surface area (TPSA) is 104 Å². The summed E-state index contributed by atoms with van der Waals surface area (Å²) in [7, 11) is -3.08. The molecule has 1 saturated heterocycles. The number of rotatable bonds is 5. The van der Waals surface area contributed by atoms with Crippen LogP contribution >= 0.6 is 0 Å². The molecule has 0 bridgehead atoms. The van der Waals surface area contributed by atoms with Crippen LogP contribution in [0.15, 0.2) is 0 Å². The minimum atomic E-state index is -3.08. The second-order valence-corrected chi connectivity index (χ2v) is 8.09. The van der Waals surface area contributed by atoms with Gasteiger partial charge >= 0.3 is 12.0 Å². The number of carbonyl (C=O) groups excluding carboxylic acids is 1.